The standard InChI is InChI=1S/C22H32N4O/c27-20(17-25-10-6-7-11-25)16-23-15-19-14-18-8-2-3-9-21(18)24-22(19)26-12-4-1-5-13-26/h2-3,8-9,14,20,23,27H,1,4-7,10-13,15-17H2. The highest BCUT2D eigenvalue weighted by atomic mass is 16.3. The van der Waals surface area contributed by atoms with Crippen molar-refractivity contribution in [2.24, 2.45) is 0 Å². The molecule has 0 radical (unpaired) electrons. The van der Waals surface area contributed by atoms with Gasteiger partial charge in [0.1, 0.15) is 5.82 Å². The number of aliphatic hydroxyl groups excluding tert-OH is 1. The third-order valence-corrected chi connectivity index (χ3v) is 5.80. The van der Waals surface area contributed by atoms with E-state index in [2.05, 4.69) is 45.4 Å². The van der Waals surface area contributed by atoms with Gasteiger partial charge in [0.15, 0.2) is 0 Å². The highest BCUT2D eigenvalue weighted by molar-refractivity contribution is 5.81. The van der Waals surface area contributed by atoms with Crippen LogP contribution < -0.4 is 10.2 Å². The summed E-state index contributed by atoms with van der Waals surface area (Å²) in [5, 5.41) is 15.0. The van der Waals surface area contributed by atoms with Crippen LogP contribution in [0.25, 0.3) is 10.9 Å². The predicted octanol–water partition coefficient (Wildman–Crippen LogP) is 2.77. The Morgan fingerprint density at radius 2 is 1.74 bits per heavy atom. The molecule has 0 saturated carbocycles. The SMILES string of the molecule is OC(CNCc1cc2ccccc2nc1N1CCCCC1)CN1CCCC1. The zero-order chi connectivity index (χ0) is 18.5. The van der Waals surface area contributed by atoms with Crippen LogP contribution in [-0.2, 0) is 6.54 Å². The van der Waals surface area contributed by atoms with Crippen molar-refractivity contribution in [2.75, 3.05) is 44.2 Å². The number of hydrogen-bond donors (Lipinski definition) is 2. The summed E-state index contributed by atoms with van der Waals surface area (Å²) in [5.41, 5.74) is 2.31. The molecule has 3 heterocycles. The smallest absolute Gasteiger partial charge is 0.133 e. The van der Waals surface area contributed by atoms with E-state index in [1.807, 2.05) is 0 Å². The zero-order valence-electron chi connectivity index (χ0n) is 16.2. The quantitative estimate of drug-likeness (QED) is 0.787. The molecule has 0 amide bonds. The van der Waals surface area contributed by atoms with E-state index < -0.39 is 0 Å². The molecular weight excluding hydrogens is 336 g/mol. The molecule has 4 rings (SSSR count). The lowest BCUT2D eigenvalue weighted by atomic mass is 10.1. The average Bonchev–Trinajstić information content (AvgIpc) is 3.21. The van der Waals surface area contributed by atoms with Crippen LogP contribution in [0.5, 0.6) is 0 Å². The third-order valence-electron chi connectivity index (χ3n) is 5.80. The molecule has 2 N–H and O–H groups in total. The molecule has 0 spiro atoms. The number of piperidine rings is 1. The van der Waals surface area contributed by atoms with Crippen molar-refractivity contribution in [3.63, 3.8) is 0 Å². The number of pyridine rings is 1. The van der Waals surface area contributed by atoms with Gasteiger partial charge in [-0.2, -0.15) is 0 Å². The summed E-state index contributed by atoms with van der Waals surface area (Å²) in [6.07, 6.45) is 6.03. The first-order valence-electron chi connectivity index (χ1n) is 10.5. The van der Waals surface area contributed by atoms with Crippen LogP contribution in [0.3, 0.4) is 0 Å². The van der Waals surface area contributed by atoms with Gasteiger partial charge in [-0.25, -0.2) is 4.98 Å². The minimum absolute atomic E-state index is 0.310. The monoisotopic (exact) mass is 368 g/mol. The summed E-state index contributed by atoms with van der Waals surface area (Å²) in [6.45, 7) is 6.60. The lowest BCUT2D eigenvalue weighted by Crippen LogP contribution is -2.37. The normalized spacial score (nSPS) is 19.7. The summed E-state index contributed by atoms with van der Waals surface area (Å²) in [6, 6.07) is 10.6. The number of hydrogen-bond acceptors (Lipinski definition) is 5. The Morgan fingerprint density at radius 1 is 1.00 bits per heavy atom. The van der Waals surface area contributed by atoms with E-state index in [1.54, 1.807) is 0 Å². The molecule has 2 aliphatic rings. The number of nitrogens with one attached hydrogen (secondary N) is 1. The average molecular weight is 369 g/mol. The van der Waals surface area contributed by atoms with Crippen molar-refractivity contribution in [1.82, 2.24) is 15.2 Å². The van der Waals surface area contributed by atoms with Gasteiger partial charge in [0.05, 0.1) is 11.6 Å². The first kappa shape index (κ1) is 18.7. The number of rotatable bonds is 7. The molecule has 5 heteroatoms. The molecule has 2 aromatic rings. The van der Waals surface area contributed by atoms with Crippen molar-refractivity contribution < 1.29 is 5.11 Å². The van der Waals surface area contributed by atoms with Crippen molar-refractivity contribution in [3.05, 3.63) is 35.9 Å². The van der Waals surface area contributed by atoms with E-state index >= 15 is 0 Å². The number of fused-ring (bicyclic) bond motifs is 1. The Hall–Kier alpha value is -1.69. The fraction of sp³-hybridized carbons (Fsp3) is 0.591. The van der Waals surface area contributed by atoms with Crippen molar-refractivity contribution in [3.8, 4) is 0 Å². The molecule has 0 bridgehead atoms. The van der Waals surface area contributed by atoms with E-state index in [4.69, 9.17) is 4.98 Å². The molecule has 1 aromatic carbocycles. The van der Waals surface area contributed by atoms with E-state index in [1.165, 1.54) is 43.1 Å². The van der Waals surface area contributed by atoms with Gasteiger partial charge >= 0.3 is 0 Å². The van der Waals surface area contributed by atoms with E-state index in [0.29, 0.717) is 6.54 Å². The molecule has 27 heavy (non-hydrogen) atoms. The van der Waals surface area contributed by atoms with Crippen LogP contribution in [0, 0.1) is 0 Å². The summed E-state index contributed by atoms with van der Waals surface area (Å²) < 4.78 is 0. The predicted molar refractivity (Wildman–Crippen MR) is 111 cm³/mol. The summed E-state index contributed by atoms with van der Waals surface area (Å²) in [5.74, 6) is 1.12. The van der Waals surface area contributed by atoms with Crippen LogP contribution in [0.4, 0.5) is 5.82 Å². The molecule has 2 aliphatic heterocycles. The van der Waals surface area contributed by atoms with Gasteiger partial charge in [0, 0.05) is 43.7 Å². The maximum Gasteiger partial charge on any atom is 0.133 e. The first-order chi connectivity index (χ1) is 13.3. The van der Waals surface area contributed by atoms with Crippen LogP contribution >= 0.6 is 0 Å². The van der Waals surface area contributed by atoms with Gasteiger partial charge in [0.25, 0.3) is 0 Å². The van der Waals surface area contributed by atoms with E-state index in [0.717, 1.165) is 50.6 Å². The molecule has 1 atom stereocenters. The Morgan fingerprint density at radius 3 is 2.56 bits per heavy atom. The summed E-state index contributed by atoms with van der Waals surface area (Å²) >= 11 is 0. The first-order valence-corrected chi connectivity index (χ1v) is 10.5. The fourth-order valence-corrected chi connectivity index (χ4v) is 4.36. The summed E-state index contributed by atoms with van der Waals surface area (Å²) in [7, 11) is 0. The van der Waals surface area contributed by atoms with Crippen molar-refractivity contribution in [2.45, 2.75) is 44.8 Å². The van der Waals surface area contributed by atoms with Gasteiger partial charge < -0.3 is 20.2 Å². The molecule has 146 valence electrons. The zero-order valence-corrected chi connectivity index (χ0v) is 16.2. The highest BCUT2D eigenvalue weighted by Gasteiger charge is 2.18. The Balaban J connectivity index is 1.44. The van der Waals surface area contributed by atoms with Gasteiger partial charge in [-0.3, -0.25) is 0 Å². The number of nitrogens with zero attached hydrogens (tertiary/aromatic N) is 3. The number of benzene rings is 1. The molecular formula is C22H32N4O. The number of para-hydroxylation sites is 1. The lowest BCUT2D eigenvalue weighted by Gasteiger charge is -2.30. The van der Waals surface area contributed by atoms with E-state index in [9.17, 15) is 5.11 Å². The largest absolute Gasteiger partial charge is 0.390 e. The fourth-order valence-electron chi connectivity index (χ4n) is 4.36. The van der Waals surface area contributed by atoms with Crippen molar-refractivity contribution >= 4 is 16.7 Å². The number of aromatic nitrogens is 1. The molecule has 0 aliphatic carbocycles. The second-order valence-electron chi connectivity index (χ2n) is 8.00. The molecule has 2 fully saturated rings. The van der Waals surface area contributed by atoms with Gasteiger partial charge in [-0.15, -0.1) is 0 Å². The number of likely N-dealkylation sites (tertiary alicyclic amines) is 1. The molecule has 1 unspecified atom stereocenters. The topological polar surface area (TPSA) is 51.6 Å². The molecule has 5 nitrogen and oxygen atoms in total. The second-order valence-corrected chi connectivity index (χ2v) is 8.00. The van der Waals surface area contributed by atoms with Gasteiger partial charge in [0.2, 0.25) is 0 Å². The van der Waals surface area contributed by atoms with Crippen LogP contribution in [0.2, 0.25) is 0 Å². The minimum atomic E-state index is -0.310. The number of aliphatic hydroxyl groups is 1. The Bertz CT molecular complexity index is 738. The summed E-state index contributed by atoms with van der Waals surface area (Å²) in [4.78, 5) is 9.80. The lowest BCUT2D eigenvalue weighted by molar-refractivity contribution is 0.123. The molecule has 2 saturated heterocycles. The van der Waals surface area contributed by atoms with E-state index in [-0.39, 0.29) is 6.10 Å². The highest BCUT2D eigenvalue weighted by Crippen LogP contribution is 2.26. The maximum absolute atomic E-state index is 10.3. The van der Waals surface area contributed by atoms with Crippen LogP contribution in [0.15, 0.2) is 30.3 Å². The number of anilines is 1. The van der Waals surface area contributed by atoms with Crippen molar-refractivity contribution in [1.29, 1.82) is 0 Å². The third kappa shape index (κ3) is 4.78. The maximum atomic E-state index is 10.3. The molecule has 1 aromatic heterocycles. The van der Waals surface area contributed by atoms with Gasteiger partial charge in [-0.1, -0.05) is 18.2 Å². The Kier molecular flexibility index (Phi) is 6.22. The van der Waals surface area contributed by atoms with Gasteiger partial charge in [-0.05, 0) is 57.3 Å². The number of β-amino-alcohol motifs (C(OH)–C–C–N with tert-alkyl or cyclic N) is 1. The second kappa shape index (κ2) is 9.00. The van der Waals surface area contributed by atoms with Crippen LogP contribution in [-0.4, -0.2) is 60.4 Å². The Labute approximate surface area is 162 Å². The minimum Gasteiger partial charge on any atom is -0.390 e. The van der Waals surface area contributed by atoms with Crippen LogP contribution in [0.1, 0.15) is 37.7 Å².